The molecular formula is C24H20N6S. The first-order chi connectivity index (χ1) is 15.3. The maximum Gasteiger partial charge on any atom is 0.139 e. The van der Waals surface area contributed by atoms with Crippen LogP contribution in [0.2, 0.25) is 0 Å². The second-order valence-electron chi connectivity index (χ2n) is 7.59. The molecule has 7 heteroatoms. The number of hydrogen-bond acceptors (Lipinski definition) is 6. The largest absolute Gasteiger partial charge is 0.353 e. The number of H-pyrrole nitrogens is 1. The van der Waals surface area contributed by atoms with Crippen molar-refractivity contribution in [3.05, 3.63) is 78.1 Å². The summed E-state index contributed by atoms with van der Waals surface area (Å²) >= 11 is 1.65. The fourth-order valence-electron chi connectivity index (χ4n) is 3.99. The highest BCUT2D eigenvalue weighted by molar-refractivity contribution is 7.16. The summed E-state index contributed by atoms with van der Waals surface area (Å²) in [5, 5.41) is 4.55. The number of thiazole rings is 1. The summed E-state index contributed by atoms with van der Waals surface area (Å²) in [6.07, 6.45) is 5.06. The molecule has 0 spiro atoms. The minimum atomic E-state index is 0.851. The van der Waals surface area contributed by atoms with Crippen LogP contribution in [0.15, 0.2) is 72.4 Å². The molecule has 5 aromatic rings. The van der Waals surface area contributed by atoms with Crippen LogP contribution in [0.1, 0.15) is 12.1 Å². The van der Waals surface area contributed by atoms with Crippen LogP contribution >= 0.6 is 11.3 Å². The van der Waals surface area contributed by atoms with Crippen LogP contribution in [0.3, 0.4) is 0 Å². The zero-order valence-electron chi connectivity index (χ0n) is 16.7. The van der Waals surface area contributed by atoms with Crippen molar-refractivity contribution in [1.29, 1.82) is 0 Å². The molecule has 1 aliphatic heterocycles. The highest BCUT2D eigenvalue weighted by Gasteiger charge is 2.15. The quantitative estimate of drug-likeness (QED) is 0.393. The van der Waals surface area contributed by atoms with Crippen molar-refractivity contribution in [2.75, 3.05) is 23.3 Å². The maximum atomic E-state index is 4.89. The van der Waals surface area contributed by atoms with Crippen molar-refractivity contribution >= 4 is 55.5 Å². The first-order valence-corrected chi connectivity index (χ1v) is 11.2. The molecule has 4 aromatic heterocycles. The molecule has 0 bridgehead atoms. The molecule has 5 heterocycles. The molecule has 0 atom stereocenters. The minimum absolute atomic E-state index is 0.851. The van der Waals surface area contributed by atoms with Crippen LogP contribution in [-0.2, 0) is 0 Å². The van der Waals surface area contributed by atoms with E-state index >= 15 is 0 Å². The van der Waals surface area contributed by atoms with Crippen molar-refractivity contribution in [1.82, 2.24) is 19.9 Å². The number of nitrogens with one attached hydrogen (secondary N) is 2. The van der Waals surface area contributed by atoms with Gasteiger partial charge in [0.15, 0.2) is 0 Å². The molecule has 0 radical (unpaired) electrons. The van der Waals surface area contributed by atoms with E-state index in [4.69, 9.17) is 4.98 Å². The molecule has 0 fully saturated rings. The molecule has 6 nitrogen and oxygen atoms in total. The predicted octanol–water partition coefficient (Wildman–Crippen LogP) is 5.60. The van der Waals surface area contributed by atoms with Gasteiger partial charge in [0, 0.05) is 30.4 Å². The number of aromatic amines is 1. The summed E-state index contributed by atoms with van der Waals surface area (Å²) in [5.41, 5.74) is 7.15. The van der Waals surface area contributed by atoms with E-state index in [9.17, 15) is 0 Å². The van der Waals surface area contributed by atoms with Crippen molar-refractivity contribution in [3.63, 3.8) is 0 Å². The van der Waals surface area contributed by atoms with Crippen LogP contribution < -0.4 is 10.2 Å². The molecule has 0 aliphatic carbocycles. The van der Waals surface area contributed by atoms with Crippen LogP contribution in [0, 0.1) is 0 Å². The number of nitrogens with zero attached hydrogens (tertiary/aromatic N) is 4. The van der Waals surface area contributed by atoms with Gasteiger partial charge >= 0.3 is 0 Å². The number of hydrogen-bond donors (Lipinski definition) is 2. The van der Waals surface area contributed by atoms with Crippen molar-refractivity contribution < 1.29 is 0 Å². The minimum Gasteiger partial charge on any atom is -0.353 e. The van der Waals surface area contributed by atoms with Gasteiger partial charge in [-0.05, 0) is 60.5 Å². The normalized spacial score (nSPS) is 14.2. The molecule has 1 aliphatic rings. The van der Waals surface area contributed by atoms with Crippen molar-refractivity contribution in [2.45, 2.75) is 6.42 Å². The first kappa shape index (κ1) is 18.1. The van der Waals surface area contributed by atoms with Gasteiger partial charge in [-0.3, -0.25) is 0 Å². The molecule has 6 rings (SSSR count). The lowest BCUT2D eigenvalue weighted by Gasteiger charge is -2.27. The van der Waals surface area contributed by atoms with E-state index in [-0.39, 0.29) is 0 Å². The van der Waals surface area contributed by atoms with Gasteiger partial charge in [0.2, 0.25) is 0 Å². The molecule has 1 aromatic carbocycles. The van der Waals surface area contributed by atoms with Crippen molar-refractivity contribution in [3.8, 4) is 0 Å². The fraction of sp³-hybridized carbons (Fsp3) is 0.125. The summed E-state index contributed by atoms with van der Waals surface area (Å²) in [5.74, 6) is 1.96. The Balaban J connectivity index is 1.23. The van der Waals surface area contributed by atoms with Crippen LogP contribution in [0.5, 0.6) is 0 Å². The van der Waals surface area contributed by atoms with E-state index in [1.165, 1.54) is 10.3 Å². The lowest BCUT2D eigenvalue weighted by Crippen LogP contribution is -2.28. The smallest absolute Gasteiger partial charge is 0.139 e. The Labute approximate surface area is 183 Å². The van der Waals surface area contributed by atoms with Gasteiger partial charge in [0.05, 0.1) is 21.4 Å². The molecule has 2 N–H and O–H groups in total. The Hall–Kier alpha value is -3.71. The third-order valence-corrected chi connectivity index (χ3v) is 6.39. The SMILES string of the molecule is C1=C(c2ccc3cc(Nc4ccc5ncsc5c4)[nH]c3n2)CCN(c2ccccn2)C1. The second kappa shape index (κ2) is 7.52. The van der Waals surface area contributed by atoms with Gasteiger partial charge in [-0.15, -0.1) is 11.3 Å². The first-order valence-electron chi connectivity index (χ1n) is 10.3. The van der Waals surface area contributed by atoms with Gasteiger partial charge in [0.1, 0.15) is 17.3 Å². The highest BCUT2D eigenvalue weighted by atomic mass is 32.1. The average molecular weight is 425 g/mol. The Morgan fingerprint density at radius 2 is 2.03 bits per heavy atom. The number of pyridine rings is 2. The van der Waals surface area contributed by atoms with Gasteiger partial charge in [-0.2, -0.15) is 0 Å². The molecule has 31 heavy (non-hydrogen) atoms. The average Bonchev–Trinajstić information content (AvgIpc) is 3.45. The van der Waals surface area contributed by atoms with E-state index in [1.54, 1.807) is 11.3 Å². The van der Waals surface area contributed by atoms with Gasteiger partial charge in [0.25, 0.3) is 0 Å². The number of aromatic nitrogens is 4. The van der Waals surface area contributed by atoms with Gasteiger partial charge in [-0.25, -0.2) is 15.0 Å². The number of fused-ring (bicyclic) bond motifs is 2. The van der Waals surface area contributed by atoms with Gasteiger partial charge in [-0.1, -0.05) is 12.1 Å². The third kappa shape index (κ3) is 3.53. The number of anilines is 3. The summed E-state index contributed by atoms with van der Waals surface area (Å²) in [7, 11) is 0. The Morgan fingerprint density at radius 1 is 1.03 bits per heavy atom. The van der Waals surface area contributed by atoms with E-state index in [0.29, 0.717) is 0 Å². The standard InChI is InChI=1S/C24H20N6S/c1-2-10-25-23(3-1)30-11-8-16(9-12-30)19-6-4-17-13-22(29-24(17)28-19)27-18-5-7-20-21(14-18)31-15-26-20/h1-8,10,13-15,27H,9,11-12H2,(H,28,29). The van der Waals surface area contributed by atoms with Gasteiger partial charge < -0.3 is 15.2 Å². The van der Waals surface area contributed by atoms with E-state index < -0.39 is 0 Å². The highest BCUT2D eigenvalue weighted by Crippen LogP contribution is 2.28. The maximum absolute atomic E-state index is 4.89. The topological polar surface area (TPSA) is 69.7 Å². The zero-order valence-corrected chi connectivity index (χ0v) is 17.6. The monoisotopic (exact) mass is 424 g/mol. The summed E-state index contributed by atoms with van der Waals surface area (Å²) in [4.78, 5) is 19.4. The molecular weight excluding hydrogens is 404 g/mol. The third-order valence-electron chi connectivity index (χ3n) is 5.60. The van der Waals surface area contributed by atoms with Crippen LogP contribution in [0.25, 0.3) is 26.8 Å². The molecule has 0 saturated carbocycles. The fourth-order valence-corrected chi connectivity index (χ4v) is 4.71. The summed E-state index contributed by atoms with van der Waals surface area (Å²) in [6, 6.07) is 18.6. The summed E-state index contributed by atoms with van der Waals surface area (Å²) in [6.45, 7) is 1.80. The molecule has 0 amide bonds. The van der Waals surface area contributed by atoms with E-state index in [1.807, 2.05) is 36.0 Å². The summed E-state index contributed by atoms with van der Waals surface area (Å²) < 4.78 is 1.17. The van der Waals surface area contributed by atoms with E-state index in [0.717, 1.165) is 59.1 Å². The second-order valence-corrected chi connectivity index (χ2v) is 8.48. The van der Waals surface area contributed by atoms with Crippen LogP contribution in [0.4, 0.5) is 17.3 Å². The Bertz CT molecular complexity index is 1400. The Morgan fingerprint density at radius 3 is 2.90 bits per heavy atom. The lowest BCUT2D eigenvalue weighted by molar-refractivity contribution is 0.814. The molecule has 152 valence electrons. The number of benzene rings is 1. The van der Waals surface area contributed by atoms with Crippen molar-refractivity contribution in [2.24, 2.45) is 0 Å². The number of rotatable bonds is 4. The molecule has 0 saturated heterocycles. The molecule has 0 unspecified atom stereocenters. The Kier molecular flexibility index (Phi) is 4.39. The lowest BCUT2D eigenvalue weighted by atomic mass is 10.0. The van der Waals surface area contributed by atoms with E-state index in [2.05, 4.69) is 61.6 Å². The zero-order chi connectivity index (χ0) is 20.6. The predicted molar refractivity (Wildman–Crippen MR) is 128 cm³/mol. The van der Waals surface area contributed by atoms with Crippen LogP contribution in [-0.4, -0.2) is 33.0 Å².